The van der Waals surface area contributed by atoms with E-state index in [0.29, 0.717) is 23.0 Å². The number of carbonyl (C=O) groups excluding carboxylic acids is 1. The Morgan fingerprint density at radius 1 is 1.12 bits per heavy atom. The molecule has 3 aromatic rings. The molecule has 0 radical (unpaired) electrons. The fourth-order valence-corrected chi connectivity index (χ4v) is 9.33. The Kier molecular flexibility index (Phi) is 5.22. The van der Waals surface area contributed by atoms with Gasteiger partial charge in [-0.2, -0.15) is 0 Å². The molecule has 1 aliphatic heterocycles. The molecule has 0 spiro atoms. The topological polar surface area (TPSA) is 51.1 Å². The van der Waals surface area contributed by atoms with E-state index in [1.54, 1.807) is 4.57 Å². The minimum Gasteiger partial charge on any atom is -0.324 e. The molecule has 2 aromatic carbocycles. The monoisotopic (exact) mass is 480 g/mol. The van der Waals surface area contributed by atoms with Crippen molar-refractivity contribution in [3.8, 4) is 0 Å². The maximum atomic E-state index is 13.7. The summed E-state index contributed by atoms with van der Waals surface area (Å²) in [4.78, 5) is 27.0. The number of hydrogen-bond donors (Lipinski definition) is 1. The van der Waals surface area contributed by atoms with E-state index in [0.717, 1.165) is 26.7 Å². The molecule has 7 heteroatoms. The number of carbonyl (C=O) groups is 1. The smallest absolute Gasteiger partial charge is 0.308 e. The lowest BCUT2D eigenvalue weighted by Gasteiger charge is -2.40. The molecule has 1 amide bonds. The molecule has 2 aliphatic carbocycles. The Morgan fingerprint density at radius 3 is 2.67 bits per heavy atom. The average Bonchev–Trinajstić information content (AvgIpc) is 3.49. The standard InChI is InChI=1S/C26H25FN2O2S2/c1-14-4-2-3-5-19(14)28-20(30)13-29-25-24(33-26(29)31)21(15-8-10-18(27)11-9-15)22-16-6-7-17(12-16)23(22)32-25/h2-5,8-11,16-17,21-23H,6-7,12-13H2,1H3,(H,28,30)/t16?,17?,21-,22?,23?/m1/s1. The van der Waals surface area contributed by atoms with Crippen LogP contribution in [0.4, 0.5) is 10.1 Å². The quantitative estimate of drug-likeness (QED) is 0.525. The van der Waals surface area contributed by atoms with Gasteiger partial charge in [0, 0.05) is 21.7 Å². The number of amides is 1. The highest BCUT2D eigenvalue weighted by Gasteiger charge is 2.55. The Morgan fingerprint density at radius 2 is 1.88 bits per heavy atom. The number of halogens is 1. The van der Waals surface area contributed by atoms with Gasteiger partial charge in [0.15, 0.2) is 0 Å². The first kappa shape index (κ1) is 21.2. The highest BCUT2D eigenvalue weighted by molar-refractivity contribution is 8.00. The highest BCUT2D eigenvalue weighted by Crippen LogP contribution is 2.64. The lowest BCUT2D eigenvalue weighted by molar-refractivity contribution is -0.116. The van der Waals surface area contributed by atoms with Crippen LogP contribution in [0.1, 0.15) is 41.2 Å². The molecule has 2 heterocycles. The van der Waals surface area contributed by atoms with Crippen molar-refractivity contribution in [2.45, 2.75) is 48.9 Å². The van der Waals surface area contributed by atoms with Gasteiger partial charge in [0.25, 0.3) is 0 Å². The molecule has 1 aromatic heterocycles. The third-order valence-electron chi connectivity index (χ3n) is 7.64. The molecule has 170 valence electrons. The van der Waals surface area contributed by atoms with Gasteiger partial charge in [-0.1, -0.05) is 41.7 Å². The second kappa shape index (κ2) is 8.13. The number of rotatable bonds is 4. The van der Waals surface area contributed by atoms with Gasteiger partial charge in [0.05, 0.1) is 5.03 Å². The molecule has 2 saturated carbocycles. The van der Waals surface area contributed by atoms with Gasteiger partial charge in [0.1, 0.15) is 12.4 Å². The summed E-state index contributed by atoms with van der Waals surface area (Å²) >= 11 is 3.07. The van der Waals surface area contributed by atoms with Crippen molar-refractivity contribution >= 4 is 34.7 Å². The summed E-state index contributed by atoms with van der Waals surface area (Å²) in [6.07, 6.45) is 3.73. The van der Waals surface area contributed by atoms with E-state index in [9.17, 15) is 14.0 Å². The number of hydrogen-bond acceptors (Lipinski definition) is 4. The van der Waals surface area contributed by atoms with Crippen LogP contribution in [-0.2, 0) is 11.3 Å². The fourth-order valence-electron chi connectivity index (χ4n) is 6.18. The predicted molar refractivity (Wildman–Crippen MR) is 131 cm³/mol. The molecule has 33 heavy (non-hydrogen) atoms. The van der Waals surface area contributed by atoms with Crippen molar-refractivity contribution in [1.82, 2.24) is 4.57 Å². The molecule has 1 N–H and O–H groups in total. The first-order chi connectivity index (χ1) is 16.0. The maximum absolute atomic E-state index is 13.7. The van der Waals surface area contributed by atoms with Gasteiger partial charge in [-0.15, -0.1) is 11.8 Å². The molecule has 4 nitrogen and oxygen atoms in total. The Bertz CT molecular complexity index is 1280. The molecular formula is C26H25FN2O2S2. The first-order valence-electron chi connectivity index (χ1n) is 11.5. The number of anilines is 1. The zero-order valence-electron chi connectivity index (χ0n) is 18.3. The van der Waals surface area contributed by atoms with Crippen molar-refractivity contribution in [2.75, 3.05) is 5.32 Å². The molecule has 5 atom stereocenters. The van der Waals surface area contributed by atoms with E-state index in [-0.39, 0.29) is 29.1 Å². The predicted octanol–water partition coefficient (Wildman–Crippen LogP) is 5.65. The number of para-hydroxylation sites is 1. The van der Waals surface area contributed by atoms with Crippen LogP contribution in [0.25, 0.3) is 0 Å². The third-order valence-corrected chi connectivity index (χ3v) is 10.5. The summed E-state index contributed by atoms with van der Waals surface area (Å²) in [6.45, 7) is 1.96. The van der Waals surface area contributed by atoms with Crippen LogP contribution in [0.5, 0.6) is 0 Å². The van der Waals surface area contributed by atoms with E-state index in [1.165, 1.54) is 42.7 Å². The zero-order valence-corrected chi connectivity index (χ0v) is 19.9. The number of thioether (sulfide) groups is 1. The largest absolute Gasteiger partial charge is 0.324 e. The molecule has 0 saturated heterocycles. The van der Waals surface area contributed by atoms with Crippen molar-refractivity contribution in [1.29, 1.82) is 0 Å². The summed E-state index contributed by atoms with van der Waals surface area (Å²) in [5.74, 6) is 1.45. The van der Waals surface area contributed by atoms with E-state index in [2.05, 4.69) is 5.32 Å². The van der Waals surface area contributed by atoms with Crippen molar-refractivity contribution < 1.29 is 9.18 Å². The number of nitrogens with one attached hydrogen (secondary N) is 1. The second-order valence-corrected chi connectivity index (χ2v) is 11.7. The molecule has 3 aliphatic rings. The first-order valence-corrected chi connectivity index (χ1v) is 13.2. The lowest BCUT2D eigenvalue weighted by Crippen LogP contribution is -2.34. The van der Waals surface area contributed by atoms with Gasteiger partial charge >= 0.3 is 4.87 Å². The van der Waals surface area contributed by atoms with Crippen molar-refractivity contribution in [3.05, 3.63) is 80.0 Å². The molecule has 6 rings (SSSR count). The number of aromatic nitrogens is 1. The Balaban J connectivity index is 1.37. The normalized spacial score (nSPS) is 27.3. The maximum Gasteiger partial charge on any atom is 0.308 e. The summed E-state index contributed by atoms with van der Waals surface area (Å²) < 4.78 is 15.4. The van der Waals surface area contributed by atoms with Crippen LogP contribution < -0.4 is 10.2 Å². The molecule has 2 bridgehead atoms. The minimum absolute atomic E-state index is 0.00756. The van der Waals surface area contributed by atoms with Crippen LogP contribution in [0.15, 0.2) is 58.4 Å². The van der Waals surface area contributed by atoms with Crippen LogP contribution in [0.2, 0.25) is 0 Å². The van der Waals surface area contributed by atoms with Crippen LogP contribution in [0, 0.1) is 30.5 Å². The lowest BCUT2D eigenvalue weighted by atomic mass is 9.75. The van der Waals surface area contributed by atoms with E-state index in [1.807, 2.05) is 55.1 Å². The highest BCUT2D eigenvalue weighted by atomic mass is 32.2. The summed E-state index contributed by atoms with van der Waals surface area (Å²) in [6, 6.07) is 14.4. The fraction of sp³-hybridized carbons (Fsp3) is 0.385. The minimum atomic E-state index is -0.243. The van der Waals surface area contributed by atoms with E-state index in [4.69, 9.17) is 0 Å². The third kappa shape index (κ3) is 3.56. The Hall–Kier alpha value is -2.38. The number of benzene rings is 2. The van der Waals surface area contributed by atoms with E-state index >= 15 is 0 Å². The van der Waals surface area contributed by atoms with Gasteiger partial charge in [0.2, 0.25) is 5.91 Å². The summed E-state index contributed by atoms with van der Waals surface area (Å²) in [5.41, 5.74) is 2.84. The number of nitrogens with zero attached hydrogens (tertiary/aromatic N) is 1. The molecular weight excluding hydrogens is 455 g/mol. The average molecular weight is 481 g/mol. The van der Waals surface area contributed by atoms with Gasteiger partial charge in [-0.3, -0.25) is 14.2 Å². The summed E-state index contributed by atoms with van der Waals surface area (Å²) in [5, 5.41) is 4.35. The molecule has 4 unspecified atom stereocenters. The van der Waals surface area contributed by atoms with Gasteiger partial charge in [-0.05, 0) is 73.3 Å². The van der Waals surface area contributed by atoms with Gasteiger partial charge in [-0.25, -0.2) is 4.39 Å². The van der Waals surface area contributed by atoms with Crippen molar-refractivity contribution in [3.63, 3.8) is 0 Å². The second-order valence-electron chi connectivity index (χ2n) is 9.51. The molecule has 2 fully saturated rings. The summed E-state index contributed by atoms with van der Waals surface area (Å²) in [7, 11) is 0. The van der Waals surface area contributed by atoms with Crippen LogP contribution >= 0.6 is 23.1 Å². The van der Waals surface area contributed by atoms with Crippen molar-refractivity contribution in [2.24, 2.45) is 17.8 Å². The SMILES string of the molecule is Cc1ccccc1NC(=O)Cn1c2c(sc1=O)[C@H](c1ccc(F)cc1)C1C3CCC(C3)C1S2. The number of thiazole rings is 1. The van der Waals surface area contributed by atoms with Crippen LogP contribution in [0.3, 0.4) is 0 Å². The Labute approximate surface area is 200 Å². The zero-order chi connectivity index (χ0) is 22.7. The number of fused-ring (bicyclic) bond motifs is 6. The van der Waals surface area contributed by atoms with E-state index < -0.39 is 0 Å². The van der Waals surface area contributed by atoms with Gasteiger partial charge < -0.3 is 5.32 Å². The van der Waals surface area contributed by atoms with Crippen LogP contribution in [-0.4, -0.2) is 15.7 Å². The number of aryl methyl sites for hydroxylation is 1.